The van der Waals surface area contributed by atoms with Gasteiger partial charge in [0.1, 0.15) is 0 Å². The third-order valence-corrected chi connectivity index (χ3v) is 3.31. The highest BCUT2D eigenvalue weighted by molar-refractivity contribution is 7.13. The number of aromatic nitrogens is 1. The van der Waals surface area contributed by atoms with E-state index in [9.17, 15) is 0 Å². The average Bonchev–Trinajstić information content (AvgIpc) is 2.64. The molecule has 3 heteroatoms. The van der Waals surface area contributed by atoms with Crippen LogP contribution in [0.4, 0.5) is 5.13 Å². The van der Waals surface area contributed by atoms with Crippen LogP contribution in [0.2, 0.25) is 0 Å². The maximum absolute atomic E-state index is 4.37. The minimum Gasteiger partial charge on any atom is -0.361 e. The molecule has 0 aliphatic carbocycles. The summed E-state index contributed by atoms with van der Waals surface area (Å²) in [5, 5.41) is 6.42. The summed E-state index contributed by atoms with van der Waals surface area (Å²) in [6.45, 7) is 5.08. The quantitative estimate of drug-likeness (QED) is 0.873. The molecule has 1 heterocycles. The topological polar surface area (TPSA) is 24.9 Å². The monoisotopic (exact) mass is 232 g/mol. The van der Waals surface area contributed by atoms with Crippen LogP contribution in [-0.4, -0.2) is 11.5 Å². The predicted molar refractivity (Wildman–Crippen MR) is 70.2 cm³/mol. The second kappa shape index (κ2) is 5.12. The Labute approximate surface area is 100 Å². The molecule has 1 aromatic heterocycles. The zero-order chi connectivity index (χ0) is 11.4. The average molecular weight is 232 g/mol. The van der Waals surface area contributed by atoms with Crippen LogP contribution in [0.5, 0.6) is 0 Å². The summed E-state index contributed by atoms with van der Waals surface area (Å²) in [6.07, 6.45) is 1.04. The Morgan fingerprint density at radius 2 is 2.19 bits per heavy atom. The summed E-state index contributed by atoms with van der Waals surface area (Å²) in [4.78, 5) is 4.37. The molecule has 0 aliphatic rings. The number of nitrogens with one attached hydrogen (secondary N) is 1. The molecular weight excluding hydrogens is 216 g/mol. The maximum atomic E-state index is 4.37. The van der Waals surface area contributed by atoms with Gasteiger partial charge in [0.2, 0.25) is 0 Å². The van der Waals surface area contributed by atoms with E-state index in [0.29, 0.717) is 0 Å². The first-order valence-electron chi connectivity index (χ1n) is 5.45. The summed E-state index contributed by atoms with van der Waals surface area (Å²) in [6, 6.07) is 8.63. The Morgan fingerprint density at radius 1 is 1.31 bits per heavy atom. The van der Waals surface area contributed by atoms with E-state index < -0.39 is 0 Å². The van der Waals surface area contributed by atoms with Crippen LogP contribution >= 0.6 is 11.3 Å². The van der Waals surface area contributed by atoms with Crippen LogP contribution in [0, 0.1) is 13.8 Å². The Hall–Kier alpha value is -1.35. The lowest BCUT2D eigenvalue weighted by molar-refractivity contribution is 1.01. The van der Waals surface area contributed by atoms with Crippen LogP contribution in [-0.2, 0) is 6.42 Å². The van der Waals surface area contributed by atoms with E-state index in [1.807, 2.05) is 6.92 Å². The number of hydrogen-bond acceptors (Lipinski definition) is 3. The van der Waals surface area contributed by atoms with Crippen molar-refractivity contribution in [1.29, 1.82) is 0 Å². The van der Waals surface area contributed by atoms with Gasteiger partial charge in [0, 0.05) is 11.9 Å². The fraction of sp³-hybridized carbons (Fsp3) is 0.308. The van der Waals surface area contributed by atoms with Gasteiger partial charge in [-0.3, -0.25) is 0 Å². The first-order chi connectivity index (χ1) is 7.74. The van der Waals surface area contributed by atoms with Crippen molar-refractivity contribution in [2.24, 2.45) is 0 Å². The highest BCUT2D eigenvalue weighted by atomic mass is 32.1. The first-order valence-corrected chi connectivity index (χ1v) is 6.33. The molecule has 0 saturated carbocycles. The largest absolute Gasteiger partial charge is 0.361 e. The lowest BCUT2D eigenvalue weighted by atomic mass is 10.1. The van der Waals surface area contributed by atoms with E-state index in [1.54, 1.807) is 11.3 Å². The van der Waals surface area contributed by atoms with Crippen LogP contribution in [0.3, 0.4) is 0 Å². The molecular formula is C13H16N2S. The normalized spacial score (nSPS) is 10.4. The SMILES string of the molecule is Cc1cccc(CCNc2nc(C)cs2)c1. The van der Waals surface area contributed by atoms with Crippen molar-refractivity contribution in [3.05, 3.63) is 46.5 Å². The molecule has 0 unspecified atom stereocenters. The number of rotatable bonds is 4. The minimum absolute atomic E-state index is 0.941. The minimum atomic E-state index is 0.941. The molecule has 2 rings (SSSR count). The maximum Gasteiger partial charge on any atom is 0.182 e. The molecule has 0 atom stereocenters. The van der Waals surface area contributed by atoms with Gasteiger partial charge in [0.15, 0.2) is 5.13 Å². The van der Waals surface area contributed by atoms with Crippen molar-refractivity contribution < 1.29 is 0 Å². The summed E-state index contributed by atoms with van der Waals surface area (Å²) < 4.78 is 0. The summed E-state index contributed by atoms with van der Waals surface area (Å²) >= 11 is 1.67. The molecule has 0 saturated heterocycles. The fourth-order valence-electron chi connectivity index (χ4n) is 1.62. The molecule has 0 fully saturated rings. The zero-order valence-corrected chi connectivity index (χ0v) is 10.5. The van der Waals surface area contributed by atoms with Crippen molar-refractivity contribution in [3.8, 4) is 0 Å². The van der Waals surface area contributed by atoms with Gasteiger partial charge in [0.05, 0.1) is 5.69 Å². The van der Waals surface area contributed by atoms with Gasteiger partial charge >= 0.3 is 0 Å². The summed E-state index contributed by atoms with van der Waals surface area (Å²) in [5.41, 5.74) is 3.78. The zero-order valence-electron chi connectivity index (χ0n) is 9.66. The smallest absolute Gasteiger partial charge is 0.182 e. The first kappa shape index (κ1) is 11.1. The lowest BCUT2D eigenvalue weighted by Crippen LogP contribution is -2.04. The number of aryl methyl sites for hydroxylation is 2. The standard InChI is InChI=1S/C13H16N2S/c1-10-4-3-5-12(8-10)6-7-14-13-15-11(2)9-16-13/h3-5,8-9H,6-7H2,1-2H3,(H,14,15). The highest BCUT2D eigenvalue weighted by Crippen LogP contribution is 2.14. The van der Waals surface area contributed by atoms with E-state index in [2.05, 4.69) is 46.9 Å². The van der Waals surface area contributed by atoms with Crippen LogP contribution in [0.25, 0.3) is 0 Å². The molecule has 1 N–H and O–H groups in total. The molecule has 0 amide bonds. The van der Waals surface area contributed by atoms with Crippen molar-refractivity contribution in [2.45, 2.75) is 20.3 Å². The molecule has 16 heavy (non-hydrogen) atoms. The number of nitrogens with zero attached hydrogens (tertiary/aromatic N) is 1. The van der Waals surface area contributed by atoms with Gasteiger partial charge in [-0.1, -0.05) is 29.8 Å². The summed E-state index contributed by atoms with van der Waals surface area (Å²) in [5.74, 6) is 0. The molecule has 2 aromatic rings. The Kier molecular flexibility index (Phi) is 3.57. The second-order valence-electron chi connectivity index (χ2n) is 3.96. The third kappa shape index (κ3) is 3.07. The van der Waals surface area contributed by atoms with Gasteiger partial charge < -0.3 is 5.32 Å². The number of thiazole rings is 1. The highest BCUT2D eigenvalue weighted by Gasteiger charge is 1.97. The predicted octanol–water partition coefficient (Wildman–Crippen LogP) is 3.41. The van der Waals surface area contributed by atoms with E-state index in [0.717, 1.165) is 23.8 Å². The van der Waals surface area contributed by atoms with Crippen LogP contribution in [0.1, 0.15) is 16.8 Å². The van der Waals surface area contributed by atoms with Crippen molar-refractivity contribution in [1.82, 2.24) is 4.98 Å². The fourth-order valence-corrected chi connectivity index (χ4v) is 2.33. The van der Waals surface area contributed by atoms with Gasteiger partial charge in [-0.15, -0.1) is 11.3 Å². The van der Waals surface area contributed by atoms with Crippen molar-refractivity contribution >= 4 is 16.5 Å². The second-order valence-corrected chi connectivity index (χ2v) is 4.82. The van der Waals surface area contributed by atoms with Crippen molar-refractivity contribution in [3.63, 3.8) is 0 Å². The van der Waals surface area contributed by atoms with Crippen LogP contribution < -0.4 is 5.32 Å². The van der Waals surface area contributed by atoms with E-state index in [1.165, 1.54) is 11.1 Å². The molecule has 2 nitrogen and oxygen atoms in total. The van der Waals surface area contributed by atoms with Crippen molar-refractivity contribution in [2.75, 3.05) is 11.9 Å². The molecule has 1 aromatic carbocycles. The summed E-state index contributed by atoms with van der Waals surface area (Å²) in [7, 11) is 0. The van der Waals surface area contributed by atoms with Crippen LogP contribution in [0.15, 0.2) is 29.6 Å². The van der Waals surface area contributed by atoms with Gasteiger partial charge in [-0.25, -0.2) is 4.98 Å². The number of anilines is 1. The molecule has 84 valence electrons. The van der Waals surface area contributed by atoms with E-state index in [-0.39, 0.29) is 0 Å². The van der Waals surface area contributed by atoms with E-state index in [4.69, 9.17) is 0 Å². The third-order valence-electron chi connectivity index (χ3n) is 2.39. The lowest BCUT2D eigenvalue weighted by Gasteiger charge is -2.03. The van der Waals surface area contributed by atoms with Gasteiger partial charge in [-0.05, 0) is 25.8 Å². The Balaban J connectivity index is 1.84. The van der Waals surface area contributed by atoms with E-state index >= 15 is 0 Å². The van der Waals surface area contributed by atoms with Gasteiger partial charge in [0.25, 0.3) is 0 Å². The molecule has 0 spiro atoms. The molecule has 0 bridgehead atoms. The number of hydrogen-bond donors (Lipinski definition) is 1. The molecule has 0 radical (unpaired) electrons. The number of benzene rings is 1. The van der Waals surface area contributed by atoms with Gasteiger partial charge in [-0.2, -0.15) is 0 Å². The molecule has 0 aliphatic heterocycles. The Morgan fingerprint density at radius 3 is 2.88 bits per heavy atom. The Bertz CT molecular complexity index is 462.